The topological polar surface area (TPSA) is 180 Å². The number of phosphoric ester groups is 1. The van der Waals surface area contributed by atoms with Gasteiger partial charge in [-0.05, 0) is 26.8 Å². The highest BCUT2D eigenvalue weighted by atomic mass is 32.2. The molecular formula is C22H35FN3O9PS2. The number of anilines is 1. The van der Waals surface area contributed by atoms with Crippen LogP contribution in [0.1, 0.15) is 46.9 Å². The first-order valence-electron chi connectivity index (χ1n) is 11.7. The van der Waals surface area contributed by atoms with Crippen LogP contribution in [0.5, 0.6) is 0 Å². The third-order valence-electron chi connectivity index (χ3n) is 5.85. The summed E-state index contributed by atoms with van der Waals surface area (Å²) in [4.78, 5) is 39.5. The maximum atomic E-state index is 14.9. The highest BCUT2D eigenvalue weighted by Crippen LogP contribution is 2.54. The summed E-state index contributed by atoms with van der Waals surface area (Å²) in [5.41, 5.74) is 2.60. The molecular weight excluding hydrogens is 564 g/mol. The fraction of sp³-hybridized carbons (Fsp3) is 0.727. The molecule has 0 aromatic carbocycles. The van der Waals surface area contributed by atoms with E-state index in [1.54, 1.807) is 20.8 Å². The van der Waals surface area contributed by atoms with Crippen LogP contribution in [0.15, 0.2) is 17.1 Å². The molecule has 2 rings (SSSR count). The van der Waals surface area contributed by atoms with Crippen LogP contribution in [0.2, 0.25) is 0 Å². The van der Waals surface area contributed by atoms with Crippen molar-refractivity contribution in [3.05, 3.63) is 22.7 Å². The molecule has 1 saturated heterocycles. The van der Waals surface area contributed by atoms with E-state index in [4.69, 9.17) is 19.3 Å². The summed E-state index contributed by atoms with van der Waals surface area (Å²) in [6, 6.07) is 1.31. The lowest BCUT2D eigenvalue weighted by Gasteiger charge is -2.30. The van der Waals surface area contributed by atoms with E-state index in [0.29, 0.717) is 0 Å². The molecule has 0 aliphatic carbocycles. The van der Waals surface area contributed by atoms with Gasteiger partial charge >= 0.3 is 19.5 Å². The number of carboxylic acids is 1. The Bertz CT molecular complexity index is 1110. The number of aliphatic hydroxyl groups is 1. The van der Waals surface area contributed by atoms with Crippen molar-refractivity contribution in [1.29, 1.82) is 0 Å². The van der Waals surface area contributed by atoms with Crippen LogP contribution in [-0.2, 0) is 27.7 Å². The van der Waals surface area contributed by atoms with E-state index in [1.165, 1.54) is 33.0 Å². The highest BCUT2D eigenvalue weighted by molar-refractivity contribution is 8.13. The molecule has 12 nitrogen and oxygen atoms in total. The number of rotatable bonds is 12. The predicted octanol–water partition coefficient (Wildman–Crippen LogP) is 3.10. The average Bonchev–Trinajstić information content (AvgIpc) is 3.08. The molecule has 216 valence electrons. The first kappa shape index (κ1) is 32.7. The minimum atomic E-state index is -4.45. The minimum absolute atomic E-state index is 0.0407. The van der Waals surface area contributed by atoms with Crippen LogP contribution in [-0.4, -0.2) is 73.4 Å². The van der Waals surface area contributed by atoms with E-state index in [9.17, 15) is 33.6 Å². The number of thioether (sulfide) groups is 2. The van der Waals surface area contributed by atoms with Crippen LogP contribution >= 0.6 is 31.3 Å². The molecule has 1 fully saturated rings. The number of aliphatic hydroxyl groups excluding tert-OH is 1. The van der Waals surface area contributed by atoms with Crippen LogP contribution in [0.3, 0.4) is 0 Å². The summed E-state index contributed by atoms with van der Waals surface area (Å²) >= 11 is 1.83. The van der Waals surface area contributed by atoms with E-state index in [-0.39, 0.29) is 23.3 Å². The predicted molar refractivity (Wildman–Crippen MR) is 143 cm³/mol. The normalized spacial score (nSPS) is 24.6. The Morgan fingerprint density at radius 1 is 1.32 bits per heavy atom. The number of nitrogen functional groups attached to an aromatic ring is 1. The average molecular weight is 600 g/mol. The van der Waals surface area contributed by atoms with Gasteiger partial charge in [-0.1, -0.05) is 32.5 Å². The monoisotopic (exact) mass is 599 g/mol. The molecule has 1 aliphatic rings. The summed E-state index contributed by atoms with van der Waals surface area (Å²) in [5.74, 6) is -1.14. The third kappa shape index (κ3) is 8.26. The summed E-state index contributed by atoms with van der Waals surface area (Å²) in [7, 11) is -4.45. The van der Waals surface area contributed by atoms with Gasteiger partial charge in [0, 0.05) is 17.4 Å². The van der Waals surface area contributed by atoms with Crippen molar-refractivity contribution < 1.29 is 42.3 Å². The van der Waals surface area contributed by atoms with Gasteiger partial charge in [-0.2, -0.15) is 4.98 Å². The van der Waals surface area contributed by atoms with Crippen molar-refractivity contribution in [1.82, 2.24) is 9.55 Å². The summed E-state index contributed by atoms with van der Waals surface area (Å²) in [5, 5.41) is 17.7. The van der Waals surface area contributed by atoms with Crippen molar-refractivity contribution in [3.8, 4) is 0 Å². The van der Waals surface area contributed by atoms with Crippen LogP contribution < -0.4 is 11.4 Å². The number of alkyl halides is 1. The third-order valence-corrected chi connectivity index (χ3v) is 10.2. The fourth-order valence-corrected chi connectivity index (χ4v) is 6.88. The Morgan fingerprint density at radius 3 is 2.50 bits per heavy atom. The second-order valence-corrected chi connectivity index (χ2v) is 14.3. The molecule has 6 atom stereocenters. The zero-order valence-electron chi connectivity index (χ0n) is 22.0. The van der Waals surface area contributed by atoms with E-state index in [2.05, 4.69) is 4.98 Å². The van der Waals surface area contributed by atoms with Crippen molar-refractivity contribution in [2.45, 2.75) is 70.5 Å². The molecule has 2 unspecified atom stereocenters. The van der Waals surface area contributed by atoms with Gasteiger partial charge in [0.1, 0.15) is 17.3 Å². The summed E-state index contributed by atoms with van der Waals surface area (Å²) in [6.45, 7) is 8.64. The number of carboxylic acid groups (broad SMARTS) is 1. The lowest BCUT2D eigenvalue weighted by atomic mass is 9.88. The van der Waals surface area contributed by atoms with Crippen LogP contribution in [0.25, 0.3) is 0 Å². The van der Waals surface area contributed by atoms with Gasteiger partial charge in [-0.25, -0.2) is 13.8 Å². The molecule has 0 amide bonds. The fourth-order valence-electron chi connectivity index (χ4n) is 2.95. The van der Waals surface area contributed by atoms with E-state index >= 15 is 0 Å². The zero-order chi connectivity index (χ0) is 29.1. The molecule has 1 aromatic rings. The molecule has 4 N–H and O–H groups in total. The van der Waals surface area contributed by atoms with Crippen LogP contribution in [0.4, 0.5) is 10.2 Å². The van der Waals surface area contributed by atoms with Crippen LogP contribution in [0, 0.1) is 10.8 Å². The number of carbonyl (C=O) groups excluding carboxylic acids is 1. The maximum Gasteiger partial charge on any atom is 0.475 e. The van der Waals surface area contributed by atoms with Gasteiger partial charge < -0.3 is 15.9 Å². The van der Waals surface area contributed by atoms with E-state index in [0.717, 1.165) is 28.1 Å². The standard InChI is InChI=1S/C22H35FN3O9PS2/c1-12(22(5,6)18(28)29)35-36(32,33-9-10-37-19(30)21(2,3)4)34-11-13-16(27)15(23)17(38-13)26-8-7-14(24)25-20(26)31/h7-8,12-13,15-17,27H,9-11H2,1-6H3,(H,28,29)(H2,24,25,31)/t12?,13-,15+,16-,17-,36?/m1/s1. The van der Waals surface area contributed by atoms with Gasteiger partial charge in [0.2, 0.25) is 0 Å². The number of nitrogens with two attached hydrogens (primary N) is 1. The molecule has 0 spiro atoms. The van der Waals surface area contributed by atoms with Gasteiger partial charge in [-0.15, -0.1) is 11.8 Å². The molecule has 1 aromatic heterocycles. The van der Waals surface area contributed by atoms with Gasteiger partial charge in [0.25, 0.3) is 0 Å². The number of nitrogens with zero attached hydrogens (tertiary/aromatic N) is 2. The maximum absolute atomic E-state index is 14.9. The lowest BCUT2D eigenvalue weighted by molar-refractivity contribution is -0.152. The van der Waals surface area contributed by atoms with Crippen molar-refractivity contribution in [3.63, 3.8) is 0 Å². The number of hydrogen-bond acceptors (Lipinski definition) is 12. The number of carbonyl (C=O) groups is 2. The highest BCUT2D eigenvalue weighted by Gasteiger charge is 2.47. The largest absolute Gasteiger partial charge is 0.481 e. The Balaban J connectivity index is 2.14. The Morgan fingerprint density at radius 2 is 1.95 bits per heavy atom. The first-order chi connectivity index (χ1) is 17.4. The van der Waals surface area contributed by atoms with E-state index < -0.39 is 65.9 Å². The number of hydrogen-bond donors (Lipinski definition) is 3. The molecule has 38 heavy (non-hydrogen) atoms. The second kappa shape index (κ2) is 12.8. The van der Waals surface area contributed by atoms with Crippen molar-refractivity contribution in [2.75, 3.05) is 24.7 Å². The Kier molecular flexibility index (Phi) is 11.0. The summed E-state index contributed by atoms with van der Waals surface area (Å²) in [6.07, 6.45) is -3.37. The lowest BCUT2D eigenvalue weighted by Crippen LogP contribution is -2.37. The molecule has 0 saturated carbocycles. The van der Waals surface area contributed by atoms with Gasteiger partial charge in [-0.3, -0.25) is 27.7 Å². The Hall–Kier alpha value is -1.48. The smallest absolute Gasteiger partial charge is 0.475 e. The van der Waals surface area contributed by atoms with Gasteiger partial charge in [0.05, 0.1) is 30.0 Å². The quantitative estimate of drug-likeness (QED) is 0.236. The second-order valence-electron chi connectivity index (χ2n) is 10.3. The number of halogens is 1. The molecule has 1 aliphatic heterocycles. The van der Waals surface area contributed by atoms with E-state index in [1.807, 2.05) is 0 Å². The SMILES string of the molecule is CC(OP(=O)(OCCSC(=O)C(C)(C)C)OC[C@H]1S[C@@H](n2ccc(N)nc2=O)[C@@H](F)[C@@H]1O)C(C)(C)C(=O)O. The molecule has 0 bridgehead atoms. The molecule has 0 radical (unpaired) electrons. The molecule has 2 heterocycles. The zero-order valence-corrected chi connectivity index (χ0v) is 24.6. The number of phosphoric acid groups is 1. The van der Waals surface area contributed by atoms with Gasteiger partial charge in [0.15, 0.2) is 11.3 Å². The first-order valence-corrected chi connectivity index (χ1v) is 15.1. The minimum Gasteiger partial charge on any atom is -0.481 e. The summed E-state index contributed by atoms with van der Waals surface area (Å²) < 4.78 is 45.7. The number of aromatic nitrogens is 2. The molecule has 16 heteroatoms. The van der Waals surface area contributed by atoms with Crippen molar-refractivity contribution in [2.24, 2.45) is 10.8 Å². The Labute approximate surface area is 228 Å². The van der Waals surface area contributed by atoms with Crippen molar-refractivity contribution >= 4 is 48.2 Å². The number of aliphatic carboxylic acids is 1.